The van der Waals surface area contributed by atoms with E-state index >= 15 is 0 Å². The Morgan fingerprint density at radius 1 is 1.09 bits per heavy atom. The van der Waals surface area contributed by atoms with Crippen molar-refractivity contribution in [3.63, 3.8) is 0 Å². The molecule has 5 nitrogen and oxygen atoms in total. The summed E-state index contributed by atoms with van der Waals surface area (Å²) in [4.78, 5) is 20.6. The van der Waals surface area contributed by atoms with Crippen molar-refractivity contribution in [3.05, 3.63) is 82.7 Å². The normalized spacial score (nSPS) is 11.2. The number of carbonyl (C=O) groups excluding carboxylic acids is 1. The van der Waals surface area contributed by atoms with E-state index in [0.717, 1.165) is 11.1 Å². The second-order valence-corrected chi connectivity index (χ2v) is 7.75. The lowest BCUT2D eigenvalue weighted by molar-refractivity contribution is 0.104. The summed E-state index contributed by atoms with van der Waals surface area (Å²) in [7, 11) is 3.11. The number of hydrogen-bond acceptors (Lipinski definition) is 6. The summed E-state index contributed by atoms with van der Waals surface area (Å²) in [5.41, 5.74) is 2.35. The Labute approximate surface area is 189 Å². The molecule has 0 aliphatic heterocycles. The zero-order valence-corrected chi connectivity index (χ0v) is 18.7. The fourth-order valence-electron chi connectivity index (χ4n) is 2.94. The second-order valence-electron chi connectivity index (χ2n) is 6.81. The molecular formula is C24H22F2N2O3S. The predicted molar refractivity (Wildman–Crippen MR) is 121 cm³/mol. The minimum atomic E-state index is -2.65. The minimum Gasteiger partial charge on any atom is -0.497 e. The molecule has 32 heavy (non-hydrogen) atoms. The zero-order valence-electron chi connectivity index (χ0n) is 17.8. The van der Waals surface area contributed by atoms with E-state index in [-0.39, 0.29) is 16.6 Å². The molecule has 3 aromatic rings. The van der Waals surface area contributed by atoms with Crippen LogP contribution in [0.1, 0.15) is 39.3 Å². The summed E-state index contributed by atoms with van der Waals surface area (Å²) >= 11 is 1.24. The van der Waals surface area contributed by atoms with E-state index in [0.29, 0.717) is 28.5 Å². The van der Waals surface area contributed by atoms with Crippen LogP contribution < -0.4 is 9.47 Å². The lowest BCUT2D eigenvalue weighted by Gasteiger charge is -2.10. The largest absolute Gasteiger partial charge is 0.497 e. The molecular weight excluding hydrogens is 434 g/mol. The molecule has 2 aromatic carbocycles. The van der Waals surface area contributed by atoms with Gasteiger partial charge in [-0.2, -0.15) is 0 Å². The maximum absolute atomic E-state index is 13.0. The van der Waals surface area contributed by atoms with E-state index in [4.69, 9.17) is 9.47 Å². The maximum Gasteiger partial charge on any atom is 0.280 e. The Kier molecular flexibility index (Phi) is 7.94. The standard InChI is InChI=1S/C24H22F2N2O3S/c1-15-11-20(23(25)26)28-24(27-15)32-14-18-12-16(8-10-22(18)31-3)7-9-21(29)17-5-4-6-19(13-17)30-2/h4-13,23H,14H2,1-3H3/b9-7+. The fraction of sp³-hybridized carbons (Fsp3) is 0.208. The Morgan fingerprint density at radius 3 is 2.62 bits per heavy atom. The molecule has 0 saturated heterocycles. The topological polar surface area (TPSA) is 61.3 Å². The molecule has 0 radical (unpaired) electrons. The molecule has 8 heteroatoms. The van der Waals surface area contributed by atoms with E-state index in [1.54, 1.807) is 57.6 Å². The number of aryl methyl sites for hydroxylation is 1. The number of allylic oxidation sites excluding steroid dienone is 1. The highest BCUT2D eigenvalue weighted by Crippen LogP contribution is 2.29. The third kappa shape index (κ3) is 6.13. The Balaban J connectivity index is 1.77. The molecule has 0 atom stereocenters. The van der Waals surface area contributed by atoms with Gasteiger partial charge in [0.25, 0.3) is 6.43 Å². The van der Waals surface area contributed by atoms with Crippen molar-refractivity contribution in [2.24, 2.45) is 0 Å². The van der Waals surface area contributed by atoms with Crippen molar-refractivity contribution >= 4 is 23.6 Å². The number of aromatic nitrogens is 2. The number of hydrogen-bond donors (Lipinski definition) is 0. The smallest absolute Gasteiger partial charge is 0.280 e. The number of alkyl halides is 2. The highest BCUT2D eigenvalue weighted by atomic mass is 32.2. The molecule has 166 valence electrons. The molecule has 0 aliphatic carbocycles. The summed E-state index contributed by atoms with van der Waals surface area (Å²) < 4.78 is 36.6. The number of benzene rings is 2. The van der Waals surface area contributed by atoms with Crippen molar-refractivity contribution in [1.82, 2.24) is 9.97 Å². The van der Waals surface area contributed by atoms with Gasteiger partial charge in [-0.15, -0.1) is 0 Å². The van der Waals surface area contributed by atoms with E-state index in [1.165, 1.54) is 23.9 Å². The molecule has 0 spiro atoms. The van der Waals surface area contributed by atoms with Crippen molar-refractivity contribution < 1.29 is 23.0 Å². The first-order valence-electron chi connectivity index (χ1n) is 9.69. The summed E-state index contributed by atoms with van der Waals surface area (Å²) in [6.45, 7) is 1.66. The van der Waals surface area contributed by atoms with Crippen LogP contribution in [-0.4, -0.2) is 30.0 Å². The first-order chi connectivity index (χ1) is 15.4. The molecule has 1 aromatic heterocycles. The van der Waals surface area contributed by atoms with Crippen LogP contribution in [0.4, 0.5) is 8.78 Å². The van der Waals surface area contributed by atoms with E-state index in [9.17, 15) is 13.6 Å². The van der Waals surface area contributed by atoms with Crippen LogP contribution in [0.2, 0.25) is 0 Å². The quantitative estimate of drug-likeness (QED) is 0.172. The van der Waals surface area contributed by atoms with Crippen LogP contribution in [0.3, 0.4) is 0 Å². The van der Waals surface area contributed by atoms with Gasteiger partial charge in [-0.1, -0.05) is 36.0 Å². The van der Waals surface area contributed by atoms with Gasteiger partial charge in [0.1, 0.15) is 17.2 Å². The Hall–Kier alpha value is -3.26. The van der Waals surface area contributed by atoms with Crippen molar-refractivity contribution in [1.29, 1.82) is 0 Å². The summed E-state index contributed by atoms with van der Waals surface area (Å²) in [6, 6.07) is 13.7. The van der Waals surface area contributed by atoms with Crippen molar-refractivity contribution in [2.45, 2.75) is 24.3 Å². The number of ether oxygens (including phenoxy) is 2. The van der Waals surface area contributed by atoms with Crippen LogP contribution >= 0.6 is 11.8 Å². The number of nitrogens with zero attached hydrogens (tertiary/aromatic N) is 2. The number of halogens is 2. The number of thioether (sulfide) groups is 1. The van der Waals surface area contributed by atoms with Crippen molar-refractivity contribution in [3.8, 4) is 11.5 Å². The van der Waals surface area contributed by atoms with Gasteiger partial charge in [-0.3, -0.25) is 4.79 Å². The minimum absolute atomic E-state index is 0.150. The van der Waals surface area contributed by atoms with Gasteiger partial charge >= 0.3 is 0 Å². The van der Waals surface area contributed by atoms with Crippen LogP contribution in [-0.2, 0) is 5.75 Å². The first-order valence-corrected chi connectivity index (χ1v) is 10.7. The Morgan fingerprint density at radius 2 is 1.91 bits per heavy atom. The van der Waals surface area contributed by atoms with Crippen LogP contribution in [0.15, 0.2) is 59.8 Å². The van der Waals surface area contributed by atoms with E-state index in [2.05, 4.69) is 9.97 Å². The highest BCUT2D eigenvalue weighted by Gasteiger charge is 2.13. The van der Waals surface area contributed by atoms with Crippen LogP contribution in [0.25, 0.3) is 6.08 Å². The second kappa shape index (κ2) is 10.9. The molecule has 0 unspecified atom stereocenters. The lowest BCUT2D eigenvalue weighted by Crippen LogP contribution is -1.98. The van der Waals surface area contributed by atoms with Gasteiger partial charge in [-0.25, -0.2) is 18.7 Å². The van der Waals surface area contributed by atoms with Crippen LogP contribution in [0.5, 0.6) is 11.5 Å². The van der Waals surface area contributed by atoms with Gasteiger partial charge in [0, 0.05) is 22.6 Å². The van der Waals surface area contributed by atoms with Gasteiger partial charge < -0.3 is 9.47 Å². The van der Waals surface area contributed by atoms with E-state index in [1.807, 2.05) is 12.1 Å². The SMILES string of the molecule is COc1cccc(C(=O)/C=C/c2ccc(OC)c(CSc3nc(C)cc(C(F)F)n3)c2)c1. The predicted octanol–water partition coefficient (Wildman–Crippen LogP) is 5.93. The number of carbonyl (C=O) groups is 1. The molecule has 0 aliphatic rings. The maximum atomic E-state index is 13.0. The average Bonchev–Trinajstić information content (AvgIpc) is 2.80. The average molecular weight is 457 g/mol. The summed E-state index contributed by atoms with van der Waals surface area (Å²) in [5.74, 6) is 1.53. The number of ketones is 1. The molecule has 0 N–H and O–H groups in total. The Bertz CT molecular complexity index is 1140. The van der Waals surface area contributed by atoms with Crippen LogP contribution in [0, 0.1) is 6.92 Å². The molecule has 0 saturated carbocycles. The first kappa shape index (κ1) is 23.4. The molecule has 1 heterocycles. The third-order valence-corrected chi connectivity index (χ3v) is 5.42. The lowest BCUT2D eigenvalue weighted by atomic mass is 10.1. The summed E-state index contributed by atoms with van der Waals surface area (Å²) in [6.07, 6.45) is 0.556. The third-order valence-electron chi connectivity index (χ3n) is 4.52. The van der Waals surface area contributed by atoms with E-state index < -0.39 is 6.43 Å². The van der Waals surface area contributed by atoms with Gasteiger partial charge in [0.05, 0.1) is 14.2 Å². The van der Waals surface area contributed by atoms with Crippen molar-refractivity contribution in [2.75, 3.05) is 14.2 Å². The number of methoxy groups -OCH3 is 2. The van der Waals surface area contributed by atoms with Gasteiger partial charge in [0.15, 0.2) is 10.9 Å². The molecule has 0 amide bonds. The molecule has 0 fully saturated rings. The highest BCUT2D eigenvalue weighted by molar-refractivity contribution is 7.98. The fourth-order valence-corrected chi connectivity index (χ4v) is 3.83. The molecule has 0 bridgehead atoms. The molecule has 3 rings (SSSR count). The zero-order chi connectivity index (χ0) is 23.1. The summed E-state index contributed by atoms with van der Waals surface area (Å²) in [5, 5.41) is 0.275. The monoisotopic (exact) mass is 456 g/mol. The van der Waals surface area contributed by atoms with Gasteiger partial charge in [-0.05, 0) is 48.9 Å². The number of rotatable bonds is 9. The van der Waals surface area contributed by atoms with Gasteiger partial charge in [0.2, 0.25) is 0 Å².